The van der Waals surface area contributed by atoms with Gasteiger partial charge in [0.15, 0.2) is 0 Å². The molecule has 0 aromatic carbocycles. The maximum absolute atomic E-state index is 12.3. The first-order chi connectivity index (χ1) is 9.54. The van der Waals surface area contributed by atoms with Gasteiger partial charge in [0.05, 0.1) is 11.7 Å². The topological polar surface area (TPSA) is 65.5 Å². The standard InChI is InChI=1S/C13H20N4O2S/c1-9(2)17-5-4-16(7-10(17)12(18)14-3)13(19)11-6-15-8-20-11/h6,8-10H,4-5,7H2,1-3H3,(H,14,18)/t10-/m0/s1. The number of hydrogen-bond donors (Lipinski definition) is 1. The van der Waals surface area contributed by atoms with Gasteiger partial charge in [0.25, 0.3) is 5.91 Å². The van der Waals surface area contributed by atoms with Crippen LogP contribution in [0.1, 0.15) is 23.5 Å². The van der Waals surface area contributed by atoms with Gasteiger partial charge in [0.1, 0.15) is 10.9 Å². The summed E-state index contributed by atoms with van der Waals surface area (Å²) in [6, 6.07) is -0.0106. The van der Waals surface area contributed by atoms with E-state index in [1.807, 2.05) is 0 Å². The summed E-state index contributed by atoms with van der Waals surface area (Å²) in [5.41, 5.74) is 1.65. The Morgan fingerprint density at radius 3 is 2.75 bits per heavy atom. The lowest BCUT2D eigenvalue weighted by molar-refractivity contribution is -0.128. The van der Waals surface area contributed by atoms with E-state index in [0.717, 1.165) is 0 Å². The number of amides is 2. The zero-order chi connectivity index (χ0) is 14.7. The van der Waals surface area contributed by atoms with Crippen molar-refractivity contribution in [2.75, 3.05) is 26.7 Å². The van der Waals surface area contributed by atoms with Crippen LogP contribution in [0.2, 0.25) is 0 Å². The minimum Gasteiger partial charge on any atom is -0.358 e. The minimum atomic E-state index is -0.286. The molecule has 0 spiro atoms. The Balaban J connectivity index is 2.12. The molecule has 20 heavy (non-hydrogen) atoms. The molecule has 7 heteroatoms. The van der Waals surface area contributed by atoms with Gasteiger partial charge in [0, 0.05) is 32.7 Å². The number of aromatic nitrogens is 1. The average Bonchev–Trinajstić information content (AvgIpc) is 2.99. The van der Waals surface area contributed by atoms with Crippen LogP contribution in [0.5, 0.6) is 0 Å². The quantitative estimate of drug-likeness (QED) is 0.878. The first kappa shape index (κ1) is 14.9. The predicted octanol–water partition coefficient (Wildman–Crippen LogP) is 0.424. The highest BCUT2D eigenvalue weighted by molar-refractivity contribution is 7.11. The van der Waals surface area contributed by atoms with Crippen molar-refractivity contribution in [3.05, 3.63) is 16.6 Å². The fourth-order valence-corrected chi connectivity index (χ4v) is 3.06. The van der Waals surface area contributed by atoms with Crippen LogP contribution in [0.25, 0.3) is 0 Å². The highest BCUT2D eigenvalue weighted by atomic mass is 32.1. The van der Waals surface area contributed by atoms with Gasteiger partial charge in [-0.2, -0.15) is 0 Å². The first-order valence-electron chi connectivity index (χ1n) is 6.69. The molecule has 1 atom stereocenters. The molecule has 1 aromatic heterocycles. The van der Waals surface area contributed by atoms with Gasteiger partial charge in [-0.05, 0) is 13.8 Å². The third-order valence-corrected chi connectivity index (χ3v) is 4.33. The van der Waals surface area contributed by atoms with E-state index in [1.54, 1.807) is 23.7 Å². The second kappa shape index (κ2) is 6.32. The van der Waals surface area contributed by atoms with Gasteiger partial charge in [-0.1, -0.05) is 0 Å². The van der Waals surface area contributed by atoms with Crippen LogP contribution in [0.3, 0.4) is 0 Å². The summed E-state index contributed by atoms with van der Waals surface area (Å²) in [5.74, 6) is -0.0784. The molecule has 2 amide bonds. The van der Waals surface area contributed by atoms with Crippen LogP contribution in [0, 0.1) is 0 Å². The van der Waals surface area contributed by atoms with Crippen LogP contribution >= 0.6 is 11.3 Å². The van der Waals surface area contributed by atoms with Crippen molar-refractivity contribution in [3.8, 4) is 0 Å². The van der Waals surface area contributed by atoms with Gasteiger partial charge in [-0.15, -0.1) is 11.3 Å². The molecule has 1 N–H and O–H groups in total. The molecule has 6 nitrogen and oxygen atoms in total. The molecule has 2 heterocycles. The van der Waals surface area contributed by atoms with Crippen molar-refractivity contribution in [1.82, 2.24) is 20.1 Å². The number of carbonyl (C=O) groups is 2. The van der Waals surface area contributed by atoms with E-state index in [-0.39, 0.29) is 23.9 Å². The van der Waals surface area contributed by atoms with Crippen LogP contribution in [-0.2, 0) is 4.79 Å². The Hall–Kier alpha value is -1.47. The van der Waals surface area contributed by atoms with Gasteiger partial charge in [-0.3, -0.25) is 19.5 Å². The van der Waals surface area contributed by atoms with Crippen molar-refractivity contribution < 1.29 is 9.59 Å². The summed E-state index contributed by atoms with van der Waals surface area (Å²) >= 11 is 1.33. The van der Waals surface area contributed by atoms with Crippen molar-refractivity contribution in [3.63, 3.8) is 0 Å². The number of nitrogens with zero attached hydrogens (tertiary/aromatic N) is 3. The van der Waals surface area contributed by atoms with E-state index >= 15 is 0 Å². The summed E-state index contributed by atoms with van der Waals surface area (Å²) in [6.07, 6.45) is 1.58. The Kier molecular flexibility index (Phi) is 4.72. The Morgan fingerprint density at radius 1 is 1.45 bits per heavy atom. The molecular weight excluding hydrogens is 276 g/mol. The van der Waals surface area contributed by atoms with Gasteiger partial charge in [-0.25, -0.2) is 0 Å². The van der Waals surface area contributed by atoms with Crippen molar-refractivity contribution in [1.29, 1.82) is 0 Å². The molecule has 1 fully saturated rings. The second-order valence-electron chi connectivity index (χ2n) is 5.08. The number of rotatable bonds is 3. The van der Waals surface area contributed by atoms with E-state index in [4.69, 9.17) is 0 Å². The Bertz CT molecular complexity index is 475. The number of carbonyl (C=O) groups excluding carboxylic acids is 2. The zero-order valence-electron chi connectivity index (χ0n) is 12.0. The molecule has 1 aliphatic heterocycles. The zero-order valence-corrected chi connectivity index (χ0v) is 12.8. The maximum Gasteiger partial charge on any atom is 0.265 e. The molecule has 2 rings (SSSR count). The van der Waals surface area contributed by atoms with Crippen molar-refractivity contribution >= 4 is 23.2 Å². The predicted molar refractivity (Wildman–Crippen MR) is 77.7 cm³/mol. The molecule has 0 aliphatic carbocycles. The summed E-state index contributed by atoms with van der Waals surface area (Å²) in [6.45, 7) is 5.91. The van der Waals surface area contributed by atoms with Crippen molar-refractivity contribution in [2.24, 2.45) is 0 Å². The summed E-state index contributed by atoms with van der Waals surface area (Å²) in [7, 11) is 1.63. The summed E-state index contributed by atoms with van der Waals surface area (Å²) < 4.78 is 0. The monoisotopic (exact) mass is 296 g/mol. The molecule has 1 aliphatic rings. The van der Waals surface area contributed by atoms with E-state index in [1.165, 1.54) is 11.3 Å². The van der Waals surface area contributed by atoms with E-state index in [9.17, 15) is 9.59 Å². The molecular formula is C13H20N4O2S. The second-order valence-corrected chi connectivity index (χ2v) is 5.96. The third-order valence-electron chi connectivity index (χ3n) is 3.56. The highest BCUT2D eigenvalue weighted by Crippen LogP contribution is 2.17. The number of piperazine rings is 1. The molecule has 1 saturated heterocycles. The largest absolute Gasteiger partial charge is 0.358 e. The fraction of sp³-hybridized carbons (Fsp3) is 0.615. The van der Waals surface area contributed by atoms with Crippen LogP contribution in [0.4, 0.5) is 0 Å². The number of likely N-dealkylation sites (N-methyl/N-ethyl adjacent to an activating group) is 1. The summed E-state index contributed by atoms with van der Waals surface area (Å²) in [4.78, 5) is 32.8. The van der Waals surface area contributed by atoms with Crippen LogP contribution in [0.15, 0.2) is 11.7 Å². The minimum absolute atomic E-state index is 0.0372. The Morgan fingerprint density at radius 2 is 2.20 bits per heavy atom. The number of thiazole rings is 1. The van der Waals surface area contributed by atoms with Gasteiger partial charge < -0.3 is 10.2 Å². The SMILES string of the molecule is CNC(=O)[C@@H]1CN(C(=O)c2cncs2)CCN1C(C)C. The van der Waals surface area contributed by atoms with Gasteiger partial charge in [0.2, 0.25) is 5.91 Å². The number of nitrogens with one attached hydrogen (secondary N) is 1. The van der Waals surface area contributed by atoms with E-state index in [2.05, 4.69) is 29.0 Å². The van der Waals surface area contributed by atoms with Crippen LogP contribution in [-0.4, -0.2) is 65.4 Å². The maximum atomic E-state index is 12.3. The molecule has 0 bridgehead atoms. The molecule has 0 unspecified atom stereocenters. The smallest absolute Gasteiger partial charge is 0.265 e. The molecule has 0 radical (unpaired) electrons. The van der Waals surface area contributed by atoms with Gasteiger partial charge >= 0.3 is 0 Å². The lowest BCUT2D eigenvalue weighted by Gasteiger charge is -2.42. The Labute approximate surface area is 122 Å². The van der Waals surface area contributed by atoms with Crippen LogP contribution < -0.4 is 5.32 Å². The molecule has 0 saturated carbocycles. The first-order valence-corrected chi connectivity index (χ1v) is 7.57. The highest BCUT2D eigenvalue weighted by Gasteiger charge is 2.35. The van der Waals surface area contributed by atoms with Crippen molar-refractivity contribution in [2.45, 2.75) is 25.9 Å². The lowest BCUT2D eigenvalue weighted by Crippen LogP contribution is -2.61. The molecule has 1 aromatic rings. The van der Waals surface area contributed by atoms with E-state index < -0.39 is 0 Å². The number of hydrogen-bond acceptors (Lipinski definition) is 5. The normalized spacial score (nSPS) is 20.2. The fourth-order valence-electron chi connectivity index (χ4n) is 2.48. The third kappa shape index (κ3) is 2.99. The summed E-state index contributed by atoms with van der Waals surface area (Å²) in [5, 5.41) is 2.69. The average molecular weight is 296 g/mol. The lowest BCUT2D eigenvalue weighted by atomic mass is 10.1. The molecule has 110 valence electrons. The van der Waals surface area contributed by atoms with E-state index in [0.29, 0.717) is 24.5 Å².